The van der Waals surface area contributed by atoms with Crippen LogP contribution in [0.2, 0.25) is 0 Å². The van der Waals surface area contributed by atoms with Crippen molar-refractivity contribution in [2.24, 2.45) is 0 Å². The average Bonchev–Trinajstić information content (AvgIpc) is 3.52. The molecule has 0 amide bonds. The first-order chi connectivity index (χ1) is 16.2. The summed E-state index contributed by atoms with van der Waals surface area (Å²) < 4.78 is 27.2. The second-order valence-corrected chi connectivity index (χ2v) is 7.08. The van der Waals surface area contributed by atoms with Crippen LogP contribution in [0.15, 0.2) is 59.1 Å². The van der Waals surface area contributed by atoms with Gasteiger partial charge >= 0.3 is 6.01 Å². The maximum Gasteiger partial charge on any atom is 0.320 e. The molecule has 10 heteroatoms. The van der Waals surface area contributed by atoms with Crippen molar-refractivity contribution in [1.29, 1.82) is 0 Å². The molecule has 0 radical (unpaired) electrons. The molecule has 0 unspecified atom stereocenters. The van der Waals surface area contributed by atoms with E-state index in [1.54, 1.807) is 20.4 Å². The summed E-state index contributed by atoms with van der Waals surface area (Å²) in [4.78, 5) is 4.44. The molecule has 3 heterocycles. The molecule has 33 heavy (non-hydrogen) atoms. The van der Waals surface area contributed by atoms with E-state index < -0.39 is 0 Å². The molecule has 0 saturated heterocycles. The molecule has 1 aliphatic rings. The molecule has 168 valence electrons. The van der Waals surface area contributed by atoms with Gasteiger partial charge in [0.1, 0.15) is 17.3 Å². The molecule has 2 aromatic carbocycles. The number of anilines is 3. The Labute approximate surface area is 189 Å². The SMILES string of the molecule is COc1cc(CNc2ncccc2-c2nnc(Nc3ccc4c(c3)OCO4)o2)cc(OC)c1. The first-order valence-electron chi connectivity index (χ1n) is 10.1. The molecule has 0 fully saturated rings. The first-order valence-corrected chi connectivity index (χ1v) is 10.1. The molecular weight excluding hydrogens is 426 g/mol. The Balaban J connectivity index is 1.33. The van der Waals surface area contributed by atoms with Crippen molar-refractivity contribution in [3.8, 4) is 34.5 Å². The van der Waals surface area contributed by atoms with Gasteiger partial charge in [0, 0.05) is 30.6 Å². The van der Waals surface area contributed by atoms with Gasteiger partial charge < -0.3 is 34.0 Å². The van der Waals surface area contributed by atoms with Crippen LogP contribution in [-0.2, 0) is 6.54 Å². The van der Waals surface area contributed by atoms with E-state index in [0.29, 0.717) is 46.8 Å². The van der Waals surface area contributed by atoms with Gasteiger partial charge in [0.25, 0.3) is 5.89 Å². The first kappa shape index (κ1) is 20.4. The topological polar surface area (TPSA) is 113 Å². The minimum absolute atomic E-state index is 0.211. The predicted molar refractivity (Wildman–Crippen MR) is 120 cm³/mol. The minimum Gasteiger partial charge on any atom is -0.497 e. The number of nitrogens with zero attached hydrogens (tertiary/aromatic N) is 3. The van der Waals surface area contributed by atoms with E-state index in [4.69, 9.17) is 23.4 Å². The molecule has 0 bridgehead atoms. The molecule has 2 N–H and O–H groups in total. The van der Waals surface area contributed by atoms with Crippen molar-refractivity contribution >= 4 is 17.5 Å². The molecule has 10 nitrogen and oxygen atoms in total. The highest BCUT2D eigenvalue weighted by Gasteiger charge is 2.16. The largest absolute Gasteiger partial charge is 0.497 e. The molecule has 2 aromatic heterocycles. The van der Waals surface area contributed by atoms with Crippen LogP contribution >= 0.6 is 0 Å². The third-order valence-corrected chi connectivity index (χ3v) is 4.96. The van der Waals surface area contributed by atoms with Gasteiger partial charge in [-0.2, -0.15) is 0 Å². The fourth-order valence-electron chi connectivity index (χ4n) is 3.35. The Morgan fingerprint density at radius 2 is 1.76 bits per heavy atom. The van der Waals surface area contributed by atoms with E-state index in [1.807, 2.05) is 48.5 Å². The van der Waals surface area contributed by atoms with Crippen molar-refractivity contribution in [1.82, 2.24) is 15.2 Å². The zero-order chi connectivity index (χ0) is 22.6. The molecule has 5 rings (SSSR count). The summed E-state index contributed by atoms with van der Waals surface area (Å²) >= 11 is 0. The number of aromatic nitrogens is 3. The van der Waals surface area contributed by atoms with Crippen LogP contribution < -0.4 is 29.6 Å². The smallest absolute Gasteiger partial charge is 0.320 e. The zero-order valence-corrected chi connectivity index (χ0v) is 18.0. The second-order valence-electron chi connectivity index (χ2n) is 7.08. The second kappa shape index (κ2) is 8.95. The van der Waals surface area contributed by atoms with Crippen LogP contribution in [0.1, 0.15) is 5.56 Å². The van der Waals surface area contributed by atoms with Gasteiger partial charge in [-0.05, 0) is 42.0 Å². The number of pyridine rings is 1. The standard InChI is InChI=1S/C23H21N5O5/c1-29-16-8-14(9-17(11-16)30-2)12-25-21-18(4-3-7-24-21)22-27-28-23(33-22)26-15-5-6-19-20(10-15)32-13-31-19/h3-11H,12-13H2,1-2H3,(H,24,25)(H,26,28). The fourth-order valence-corrected chi connectivity index (χ4v) is 3.35. The summed E-state index contributed by atoms with van der Waals surface area (Å²) in [5.41, 5.74) is 2.39. The van der Waals surface area contributed by atoms with E-state index in [1.165, 1.54) is 0 Å². The maximum absolute atomic E-state index is 5.83. The highest BCUT2D eigenvalue weighted by atomic mass is 16.7. The summed E-state index contributed by atoms with van der Waals surface area (Å²) in [6.45, 7) is 0.705. The Kier molecular flexibility index (Phi) is 5.54. The third-order valence-electron chi connectivity index (χ3n) is 4.96. The van der Waals surface area contributed by atoms with Crippen LogP contribution in [-0.4, -0.2) is 36.2 Å². The molecule has 0 atom stereocenters. The number of hydrogen-bond donors (Lipinski definition) is 2. The van der Waals surface area contributed by atoms with Crippen LogP contribution in [0.3, 0.4) is 0 Å². The number of fused-ring (bicyclic) bond motifs is 1. The van der Waals surface area contributed by atoms with E-state index in [-0.39, 0.29) is 12.8 Å². The third kappa shape index (κ3) is 4.45. The summed E-state index contributed by atoms with van der Waals surface area (Å²) in [7, 11) is 3.24. The number of rotatable bonds is 8. The van der Waals surface area contributed by atoms with E-state index in [2.05, 4.69) is 25.8 Å². The van der Waals surface area contributed by atoms with Crippen molar-refractivity contribution in [3.63, 3.8) is 0 Å². The van der Waals surface area contributed by atoms with E-state index in [9.17, 15) is 0 Å². The lowest BCUT2D eigenvalue weighted by Crippen LogP contribution is -2.03. The van der Waals surface area contributed by atoms with Crippen molar-refractivity contribution in [3.05, 3.63) is 60.3 Å². The van der Waals surface area contributed by atoms with Crippen LogP contribution in [0.4, 0.5) is 17.5 Å². The molecular formula is C23H21N5O5. The highest BCUT2D eigenvalue weighted by Crippen LogP contribution is 2.35. The number of nitrogens with one attached hydrogen (secondary N) is 2. The van der Waals surface area contributed by atoms with Gasteiger partial charge in [0.2, 0.25) is 6.79 Å². The molecule has 0 saturated carbocycles. The quantitative estimate of drug-likeness (QED) is 0.407. The monoisotopic (exact) mass is 447 g/mol. The van der Waals surface area contributed by atoms with Crippen LogP contribution in [0.5, 0.6) is 23.0 Å². The molecule has 0 aliphatic carbocycles. The summed E-state index contributed by atoms with van der Waals surface area (Å²) in [6.07, 6.45) is 1.69. The molecule has 4 aromatic rings. The van der Waals surface area contributed by atoms with Gasteiger partial charge in [-0.25, -0.2) is 4.98 Å². The van der Waals surface area contributed by atoms with Gasteiger partial charge in [-0.1, -0.05) is 5.10 Å². The zero-order valence-electron chi connectivity index (χ0n) is 18.0. The van der Waals surface area contributed by atoms with Gasteiger partial charge in [0.15, 0.2) is 11.5 Å². The Morgan fingerprint density at radius 1 is 0.939 bits per heavy atom. The van der Waals surface area contributed by atoms with Crippen LogP contribution in [0.25, 0.3) is 11.5 Å². The van der Waals surface area contributed by atoms with Crippen LogP contribution in [0, 0.1) is 0 Å². The lowest BCUT2D eigenvalue weighted by atomic mass is 10.2. The van der Waals surface area contributed by atoms with E-state index >= 15 is 0 Å². The Morgan fingerprint density at radius 3 is 2.58 bits per heavy atom. The van der Waals surface area contributed by atoms with Gasteiger partial charge in [0.05, 0.1) is 19.8 Å². The summed E-state index contributed by atoms with van der Waals surface area (Å²) in [6, 6.07) is 15.1. The average molecular weight is 447 g/mol. The van der Waals surface area contributed by atoms with Crippen molar-refractivity contribution in [2.45, 2.75) is 6.54 Å². The lowest BCUT2D eigenvalue weighted by molar-refractivity contribution is 0.174. The van der Waals surface area contributed by atoms with Gasteiger partial charge in [-0.15, -0.1) is 5.10 Å². The van der Waals surface area contributed by atoms with Crippen molar-refractivity contribution in [2.75, 3.05) is 31.6 Å². The number of benzene rings is 2. The number of hydrogen-bond acceptors (Lipinski definition) is 10. The van der Waals surface area contributed by atoms with Crippen molar-refractivity contribution < 1.29 is 23.4 Å². The van der Waals surface area contributed by atoms with E-state index in [0.717, 1.165) is 11.3 Å². The maximum atomic E-state index is 5.83. The Hall–Kier alpha value is -4.47. The molecule has 0 spiro atoms. The highest BCUT2D eigenvalue weighted by molar-refractivity contribution is 5.69. The predicted octanol–water partition coefficient (Wildman–Crippen LogP) is 4.23. The summed E-state index contributed by atoms with van der Waals surface area (Å²) in [5, 5.41) is 14.7. The minimum atomic E-state index is 0.211. The summed E-state index contributed by atoms with van der Waals surface area (Å²) in [5.74, 6) is 3.72. The number of ether oxygens (including phenoxy) is 4. The molecule has 1 aliphatic heterocycles. The Bertz CT molecular complexity index is 1250. The normalized spacial score (nSPS) is 11.8. The number of methoxy groups -OCH3 is 2. The van der Waals surface area contributed by atoms with Gasteiger partial charge in [-0.3, -0.25) is 0 Å². The lowest BCUT2D eigenvalue weighted by Gasteiger charge is -2.11. The fraction of sp³-hybridized carbons (Fsp3) is 0.174.